The fourth-order valence-corrected chi connectivity index (χ4v) is 3.67. The zero-order chi connectivity index (χ0) is 22.8. The molecule has 7 nitrogen and oxygen atoms in total. The summed E-state index contributed by atoms with van der Waals surface area (Å²) < 4.78 is 17.8. The molecule has 0 fully saturated rings. The fraction of sp³-hybridized carbons (Fsp3) is 0.0800. The quantitative estimate of drug-likeness (QED) is 0.352. The lowest BCUT2D eigenvalue weighted by molar-refractivity contribution is -0.114. The van der Waals surface area contributed by atoms with Gasteiger partial charge in [0.25, 0.3) is 5.91 Å². The highest BCUT2D eigenvalue weighted by Gasteiger charge is 2.26. The van der Waals surface area contributed by atoms with Crippen molar-refractivity contribution in [2.75, 3.05) is 18.1 Å². The highest BCUT2D eigenvalue weighted by molar-refractivity contribution is 6.30. The standard InChI is InChI=1S/C25H18ClN3O4/c1-2-22(30)29-13-14-31-24-21(29)12-11-20-23(24)25(28-15-27-20)33-19-9-7-18(8-10-19)32-17-5-3-16(26)4-6-17/h2-12,15H,1,13-14H2. The molecule has 1 aliphatic heterocycles. The Bertz CT molecular complexity index is 1340. The summed E-state index contributed by atoms with van der Waals surface area (Å²) in [4.78, 5) is 22.6. The van der Waals surface area contributed by atoms with E-state index in [0.717, 1.165) is 0 Å². The van der Waals surface area contributed by atoms with E-state index < -0.39 is 0 Å². The van der Waals surface area contributed by atoms with Gasteiger partial charge >= 0.3 is 0 Å². The number of aromatic nitrogens is 2. The van der Waals surface area contributed by atoms with Gasteiger partial charge in [0.05, 0.1) is 17.7 Å². The van der Waals surface area contributed by atoms with E-state index in [0.29, 0.717) is 63.6 Å². The number of halogens is 1. The maximum Gasteiger partial charge on any atom is 0.250 e. The van der Waals surface area contributed by atoms with Crippen LogP contribution in [0.25, 0.3) is 10.9 Å². The van der Waals surface area contributed by atoms with Gasteiger partial charge in [0.15, 0.2) is 5.75 Å². The summed E-state index contributed by atoms with van der Waals surface area (Å²) in [5, 5.41) is 1.24. The minimum Gasteiger partial charge on any atom is -0.489 e. The minimum atomic E-state index is -0.200. The van der Waals surface area contributed by atoms with Crippen molar-refractivity contribution in [2.24, 2.45) is 0 Å². The van der Waals surface area contributed by atoms with Crippen LogP contribution in [0.2, 0.25) is 5.02 Å². The first-order chi connectivity index (χ1) is 16.1. The van der Waals surface area contributed by atoms with Crippen LogP contribution in [0.4, 0.5) is 5.69 Å². The van der Waals surface area contributed by atoms with Crippen LogP contribution in [0.1, 0.15) is 0 Å². The molecule has 0 radical (unpaired) electrons. The SMILES string of the molecule is C=CC(=O)N1CCOc2c1ccc1ncnc(Oc3ccc(Oc4ccc(Cl)cc4)cc3)c21. The molecule has 3 aromatic carbocycles. The summed E-state index contributed by atoms with van der Waals surface area (Å²) >= 11 is 5.91. The molecule has 4 aromatic rings. The Morgan fingerprint density at radius 3 is 2.33 bits per heavy atom. The number of ether oxygens (including phenoxy) is 3. The van der Waals surface area contributed by atoms with Crippen molar-refractivity contribution in [2.45, 2.75) is 0 Å². The smallest absolute Gasteiger partial charge is 0.250 e. The third kappa shape index (κ3) is 4.18. The summed E-state index contributed by atoms with van der Waals surface area (Å²) in [6, 6.07) is 17.9. The minimum absolute atomic E-state index is 0.200. The molecule has 8 heteroatoms. The van der Waals surface area contributed by atoms with Crippen molar-refractivity contribution in [1.82, 2.24) is 9.97 Å². The number of carbonyl (C=O) groups excluding carboxylic acids is 1. The molecule has 0 bridgehead atoms. The van der Waals surface area contributed by atoms with E-state index in [2.05, 4.69) is 16.5 Å². The summed E-state index contributed by atoms with van der Waals surface area (Å²) in [5.74, 6) is 2.53. The van der Waals surface area contributed by atoms with Crippen molar-refractivity contribution in [3.8, 4) is 28.9 Å². The van der Waals surface area contributed by atoms with Crippen LogP contribution in [-0.2, 0) is 4.79 Å². The van der Waals surface area contributed by atoms with Crippen molar-refractivity contribution in [3.05, 3.63) is 84.7 Å². The Kier molecular flexibility index (Phi) is 5.54. The van der Waals surface area contributed by atoms with Gasteiger partial charge < -0.3 is 19.1 Å². The van der Waals surface area contributed by atoms with Gasteiger partial charge in [-0.1, -0.05) is 18.2 Å². The molecule has 0 saturated heterocycles. The second-order valence-corrected chi connectivity index (χ2v) is 7.60. The zero-order valence-electron chi connectivity index (χ0n) is 17.4. The molecule has 164 valence electrons. The maximum atomic E-state index is 12.3. The number of amides is 1. The third-order valence-electron chi connectivity index (χ3n) is 5.08. The molecular formula is C25H18ClN3O4. The monoisotopic (exact) mass is 459 g/mol. The van der Waals surface area contributed by atoms with Crippen LogP contribution >= 0.6 is 11.6 Å². The number of benzene rings is 3. The van der Waals surface area contributed by atoms with Gasteiger partial charge in [0.1, 0.15) is 35.6 Å². The lowest BCUT2D eigenvalue weighted by atomic mass is 10.1. The molecular weight excluding hydrogens is 442 g/mol. The first kappa shape index (κ1) is 20.8. The van der Waals surface area contributed by atoms with Gasteiger partial charge in [-0.15, -0.1) is 0 Å². The predicted molar refractivity (Wildman–Crippen MR) is 126 cm³/mol. The van der Waals surface area contributed by atoms with Crippen molar-refractivity contribution < 1.29 is 19.0 Å². The molecule has 0 aliphatic carbocycles. The van der Waals surface area contributed by atoms with Crippen LogP contribution < -0.4 is 19.1 Å². The molecule has 33 heavy (non-hydrogen) atoms. The highest BCUT2D eigenvalue weighted by Crippen LogP contribution is 2.42. The predicted octanol–water partition coefficient (Wildman–Crippen LogP) is 5.78. The third-order valence-corrected chi connectivity index (χ3v) is 5.33. The Morgan fingerprint density at radius 1 is 0.970 bits per heavy atom. The van der Waals surface area contributed by atoms with Crippen molar-refractivity contribution >= 4 is 34.1 Å². The Labute approximate surface area is 194 Å². The fourth-order valence-electron chi connectivity index (χ4n) is 3.54. The lowest BCUT2D eigenvalue weighted by Crippen LogP contribution is -2.36. The normalized spacial score (nSPS) is 12.6. The van der Waals surface area contributed by atoms with E-state index in [-0.39, 0.29) is 5.91 Å². The topological polar surface area (TPSA) is 73.8 Å². The highest BCUT2D eigenvalue weighted by atomic mass is 35.5. The molecule has 0 unspecified atom stereocenters. The molecule has 1 aliphatic rings. The van der Waals surface area contributed by atoms with E-state index in [1.54, 1.807) is 59.5 Å². The van der Waals surface area contributed by atoms with Crippen LogP contribution in [0.5, 0.6) is 28.9 Å². The van der Waals surface area contributed by atoms with E-state index in [1.807, 2.05) is 6.07 Å². The molecule has 1 aromatic heterocycles. The number of hydrogen-bond donors (Lipinski definition) is 0. The molecule has 0 spiro atoms. The van der Waals surface area contributed by atoms with E-state index >= 15 is 0 Å². The van der Waals surface area contributed by atoms with Crippen LogP contribution in [0.15, 0.2) is 79.6 Å². The van der Waals surface area contributed by atoms with E-state index in [9.17, 15) is 4.79 Å². The first-order valence-electron chi connectivity index (χ1n) is 10.2. The molecule has 0 atom stereocenters. The van der Waals surface area contributed by atoms with Gasteiger partial charge in [-0.2, -0.15) is 0 Å². The largest absolute Gasteiger partial charge is 0.489 e. The van der Waals surface area contributed by atoms with Crippen LogP contribution in [0.3, 0.4) is 0 Å². The summed E-state index contributed by atoms with van der Waals surface area (Å²) in [6.45, 7) is 4.36. The number of nitrogens with zero attached hydrogens (tertiary/aromatic N) is 3. The average molecular weight is 460 g/mol. The van der Waals surface area contributed by atoms with E-state index in [4.69, 9.17) is 25.8 Å². The number of fused-ring (bicyclic) bond motifs is 3. The Morgan fingerprint density at radius 2 is 1.64 bits per heavy atom. The first-order valence-corrected chi connectivity index (χ1v) is 10.6. The summed E-state index contributed by atoms with van der Waals surface area (Å²) in [7, 11) is 0. The van der Waals surface area contributed by atoms with E-state index in [1.165, 1.54) is 12.4 Å². The lowest BCUT2D eigenvalue weighted by Gasteiger charge is -2.29. The van der Waals surface area contributed by atoms with Gasteiger partial charge in [-0.05, 0) is 66.7 Å². The zero-order valence-corrected chi connectivity index (χ0v) is 18.2. The number of hydrogen-bond acceptors (Lipinski definition) is 6. The summed E-state index contributed by atoms with van der Waals surface area (Å²) in [6.07, 6.45) is 2.71. The molecule has 2 heterocycles. The second-order valence-electron chi connectivity index (χ2n) is 7.16. The molecule has 0 saturated carbocycles. The summed E-state index contributed by atoms with van der Waals surface area (Å²) in [5.41, 5.74) is 1.28. The number of anilines is 1. The van der Waals surface area contributed by atoms with Gasteiger partial charge in [-0.25, -0.2) is 9.97 Å². The average Bonchev–Trinajstić information content (AvgIpc) is 2.85. The van der Waals surface area contributed by atoms with Crippen LogP contribution in [-0.4, -0.2) is 29.0 Å². The number of carbonyl (C=O) groups is 1. The molecule has 0 N–H and O–H groups in total. The molecule has 5 rings (SSSR count). The van der Waals surface area contributed by atoms with Gasteiger partial charge in [-0.3, -0.25) is 4.79 Å². The van der Waals surface area contributed by atoms with Crippen molar-refractivity contribution in [3.63, 3.8) is 0 Å². The number of rotatable bonds is 5. The van der Waals surface area contributed by atoms with Crippen LogP contribution in [0, 0.1) is 0 Å². The molecule has 1 amide bonds. The van der Waals surface area contributed by atoms with Gasteiger partial charge in [0.2, 0.25) is 5.88 Å². The maximum absolute atomic E-state index is 12.3. The second kappa shape index (κ2) is 8.80. The Hall–Kier alpha value is -4.10. The van der Waals surface area contributed by atoms with Gasteiger partial charge in [0, 0.05) is 5.02 Å². The Balaban J connectivity index is 1.45. The van der Waals surface area contributed by atoms with Crippen molar-refractivity contribution in [1.29, 1.82) is 0 Å².